The zero-order chi connectivity index (χ0) is 21.9. The second-order valence-electron chi connectivity index (χ2n) is 8.38. The quantitative estimate of drug-likeness (QED) is 0.570. The molecule has 5 rings (SSSR count). The molecule has 0 unspecified atom stereocenters. The minimum absolute atomic E-state index is 0.0668. The summed E-state index contributed by atoms with van der Waals surface area (Å²) in [4.78, 5) is 17.7. The van der Waals surface area contributed by atoms with E-state index in [2.05, 4.69) is 21.3 Å². The first-order valence-corrected chi connectivity index (χ1v) is 12.0. The van der Waals surface area contributed by atoms with E-state index in [-0.39, 0.29) is 12.5 Å². The van der Waals surface area contributed by atoms with Gasteiger partial charge in [0, 0.05) is 17.5 Å². The van der Waals surface area contributed by atoms with Crippen molar-refractivity contribution in [3.8, 4) is 22.8 Å². The van der Waals surface area contributed by atoms with Gasteiger partial charge in [-0.3, -0.25) is 4.79 Å². The fraction of sp³-hybridized carbons (Fsp3) is 0.360. The van der Waals surface area contributed by atoms with E-state index in [1.807, 2.05) is 36.4 Å². The van der Waals surface area contributed by atoms with E-state index in [1.54, 1.807) is 18.4 Å². The first-order chi connectivity index (χ1) is 15.7. The molecule has 1 N–H and O–H groups in total. The second kappa shape index (κ2) is 9.20. The number of carbonyl (C=O) groups excluding carboxylic acids is 1. The molecule has 2 aliphatic rings. The zero-order valence-electron chi connectivity index (χ0n) is 18.2. The largest absolute Gasteiger partial charge is 0.497 e. The van der Waals surface area contributed by atoms with Gasteiger partial charge in [-0.15, -0.1) is 11.3 Å². The SMILES string of the molecule is COc1ccc(N=c2scc(-c3ccc4c(c3)NC(=O)CO4)n2CC2CCCCC2)cc1. The van der Waals surface area contributed by atoms with Crippen LogP contribution in [-0.4, -0.2) is 24.2 Å². The fourth-order valence-electron chi connectivity index (χ4n) is 4.46. The Balaban J connectivity index is 1.55. The van der Waals surface area contributed by atoms with Crippen molar-refractivity contribution in [1.82, 2.24) is 4.57 Å². The minimum Gasteiger partial charge on any atom is -0.497 e. The van der Waals surface area contributed by atoms with Crippen molar-refractivity contribution in [2.24, 2.45) is 10.9 Å². The summed E-state index contributed by atoms with van der Waals surface area (Å²) in [6, 6.07) is 13.8. The number of anilines is 1. The maximum atomic E-state index is 11.8. The van der Waals surface area contributed by atoms with Gasteiger partial charge < -0.3 is 19.4 Å². The standard InChI is InChI=1S/C25H27N3O3S/c1-30-20-10-8-19(9-11-20)26-25-28(14-17-5-3-2-4-6-17)22(16-32-25)18-7-12-23-21(13-18)27-24(29)15-31-23/h7-13,16-17H,2-6,14-15H2,1H3,(H,27,29). The van der Waals surface area contributed by atoms with Crippen LogP contribution in [0.5, 0.6) is 11.5 Å². The molecule has 0 atom stereocenters. The van der Waals surface area contributed by atoms with Crippen LogP contribution in [0, 0.1) is 5.92 Å². The van der Waals surface area contributed by atoms with Crippen molar-refractivity contribution in [2.75, 3.05) is 19.0 Å². The molecule has 0 saturated heterocycles. The number of benzene rings is 2. The van der Waals surface area contributed by atoms with Crippen LogP contribution in [0.2, 0.25) is 0 Å². The van der Waals surface area contributed by atoms with Crippen LogP contribution in [0.25, 0.3) is 11.3 Å². The number of nitrogens with zero attached hydrogens (tertiary/aromatic N) is 2. The minimum atomic E-state index is -0.120. The lowest BCUT2D eigenvalue weighted by atomic mass is 9.89. The molecule has 2 aromatic carbocycles. The Labute approximate surface area is 191 Å². The normalized spacial score (nSPS) is 16.9. The molecule has 1 fully saturated rings. The van der Waals surface area contributed by atoms with E-state index >= 15 is 0 Å². The van der Waals surface area contributed by atoms with Gasteiger partial charge in [-0.2, -0.15) is 0 Å². The first-order valence-electron chi connectivity index (χ1n) is 11.1. The van der Waals surface area contributed by atoms with Crippen LogP contribution in [0.3, 0.4) is 0 Å². The summed E-state index contributed by atoms with van der Waals surface area (Å²) in [5.41, 5.74) is 3.80. The molecule has 1 aromatic heterocycles. The highest BCUT2D eigenvalue weighted by atomic mass is 32.1. The predicted molar refractivity (Wildman–Crippen MR) is 127 cm³/mol. The third-order valence-electron chi connectivity index (χ3n) is 6.17. The van der Waals surface area contributed by atoms with Gasteiger partial charge in [-0.05, 0) is 61.2 Å². The molecule has 6 nitrogen and oxygen atoms in total. The van der Waals surface area contributed by atoms with Gasteiger partial charge in [0.1, 0.15) is 11.5 Å². The number of aromatic nitrogens is 1. The zero-order valence-corrected chi connectivity index (χ0v) is 19.0. The van der Waals surface area contributed by atoms with E-state index in [0.29, 0.717) is 11.7 Å². The summed E-state index contributed by atoms with van der Waals surface area (Å²) in [5, 5.41) is 5.09. The van der Waals surface area contributed by atoms with Crippen molar-refractivity contribution >= 4 is 28.6 Å². The van der Waals surface area contributed by atoms with Crippen molar-refractivity contribution in [1.29, 1.82) is 0 Å². The Kier molecular flexibility index (Phi) is 5.99. The van der Waals surface area contributed by atoms with Gasteiger partial charge in [0.05, 0.1) is 24.2 Å². The Hall–Kier alpha value is -3.06. The van der Waals surface area contributed by atoms with Gasteiger partial charge in [0.25, 0.3) is 5.91 Å². The van der Waals surface area contributed by atoms with E-state index in [1.165, 1.54) is 32.1 Å². The molecule has 1 saturated carbocycles. The number of rotatable bonds is 5. The van der Waals surface area contributed by atoms with Gasteiger partial charge in [-0.1, -0.05) is 19.3 Å². The number of hydrogen-bond acceptors (Lipinski definition) is 5. The Morgan fingerprint density at radius 1 is 1.16 bits per heavy atom. The average molecular weight is 450 g/mol. The molecule has 0 spiro atoms. The highest BCUT2D eigenvalue weighted by Crippen LogP contribution is 2.34. The van der Waals surface area contributed by atoms with Crippen molar-refractivity contribution in [2.45, 2.75) is 38.6 Å². The van der Waals surface area contributed by atoms with E-state index in [9.17, 15) is 4.79 Å². The summed E-state index contributed by atoms with van der Waals surface area (Å²) in [6.45, 7) is 1.02. The number of amides is 1. The van der Waals surface area contributed by atoms with Gasteiger partial charge in [-0.25, -0.2) is 4.99 Å². The molecule has 0 radical (unpaired) electrons. The van der Waals surface area contributed by atoms with Crippen LogP contribution in [0.4, 0.5) is 11.4 Å². The second-order valence-corrected chi connectivity index (χ2v) is 9.21. The summed E-state index contributed by atoms with van der Waals surface area (Å²) in [5.74, 6) is 2.08. The molecule has 1 aliphatic carbocycles. The maximum absolute atomic E-state index is 11.8. The van der Waals surface area contributed by atoms with Crippen molar-refractivity contribution in [3.63, 3.8) is 0 Å². The lowest BCUT2D eigenvalue weighted by Crippen LogP contribution is -2.25. The number of methoxy groups -OCH3 is 1. The van der Waals surface area contributed by atoms with Crippen LogP contribution in [0.15, 0.2) is 52.8 Å². The number of ether oxygens (including phenoxy) is 2. The molecule has 0 bridgehead atoms. The molecular weight excluding hydrogens is 422 g/mol. The third-order valence-corrected chi connectivity index (χ3v) is 7.03. The lowest BCUT2D eigenvalue weighted by molar-refractivity contribution is -0.118. The van der Waals surface area contributed by atoms with Crippen LogP contribution in [0.1, 0.15) is 32.1 Å². The molecule has 2 heterocycles. The number of carbonyl (C=O) groups is 1. The smallest absolute Gasteiger partial charge is 0.262 e. The van der Waals surface area contributed by atoms with Gasteiger partial charge >= 0.3 is 0 Å². The number of fused-ring (bicyclic) bond motifs is 1. The first kappa shape index (κ1) is 20.8. The third kappa shape index (κ3) is 4.43. The molecule has 3 aromatic rings. The lowest BCUT2D eigenvalue weighted by Gasteiger charge is -2.23. The van der Waals surface area contributed by atoms with E-state index < -0.39 is 0 Å². The van der Waals surface area contributed by atoms with Crippen LogP contribution >= 0.6 is 11.3 Å². The van der Waals surface area contributed by atoms with Crippen molar-refractivity contribution in [3.05, 3.63) is 52.6 Å². The molecule has 1 amide bonds. The molecule has 32 heavy (non-hydrogen) atoms. The molecule has 7 heteroatoms. The monoisotopic (exact) mass is 449 g/mol. The fourth-order valence-corrected chi connectivity index (χ4v) is 5.40. The Morgan fingerprint density at radius 2 is 1.97 bits per heavy atom. The summed E-state index contributed by atoms with van der Waals surface area (Å²) >= 11 is 1.65. The summed E-state index contributed by atoms with van der Waals surface area (Å²) in [6.07, 6.45) is 6.47. The number of nitrogens with one attached hydrogen (secondary N) is 1. The van der Waals surface area contributed by atoms with Crippen LogP contribution in [-0.2, 0) is 11.3 Å². The molecular formula is C25H27N3O3S. The summed E-state index contributed by atoms with van der Waals surface area (Å²) < 4.78 is 13.2. The van der Waals surface area contributed by atoms with E-state index in [4.69, 9.17) is 14.5 Å². The Bertz CT molecular complexity index is 1170. The maximum Gasteiger partial charge on any atom is 0.262 e. The highest BCUT2D eigenvalue weighted by molar-refractivity contribution is 7.07. The highest BCUT2D eigenvalue weighted by Gasteiger charge is 2.20. The number of thiazole rings is 1. The van der Waals surface area contributed by atoms with Gasteiger partial charge in [0.2, 0.25) is 0 Å². The van der Waals surface area contributed by atoms with E-state index in [0.717, 1.165) is 39.7 Å². The summed E-state index contributed by atoms with van der Waals surface area (Å²) in [7, 11) is 1.67. The number of hydrogen-bond donors (Lipinski definition) is 1. The average Bonchev–Trinajstić information content (AvgIpc) is 3.21. The predicted octanol–water partition coefficient (Wildman–Crippen LogP) is 5.37. The molecule has 166 valence electrons. The molecule has 1 aliphatic heterocycles. The Morgan fingerprint density at radius 3 is 2.75 bits per heavy atom. The van der Waals surface area contributed by atoms with Crippen LogP contribution < -0.4 is 19.6 Å². The van der Waals surface area contributed by atoms with Gasteiger partial charge in [0.15, 0.2) is 11.4 Å². The van der Waals surface area contributed by atoms with Crippen molar-refractivity contribution < 1.29 is 14.3 Å². The topological polar surface area (TPSA) is 64.8 Å².